The third-order valence-corrected chi connectivity index (χ3v) is 3.68. The molecule has 0 bridgehead atoms. The van der Waals surface area contributed by atoms with Gasteiger partial charge in [0.25, 0.3) is 0 Å². The van der Waals surface area contributed by atoms with Gasteiger partial charge in [-0.15, -0.1) is 0 Å². The van der Waals surface area contributed by atoms with E-state index in [4.69, 9.17) is 9.72 Å². The highest BCUT2D eigenvalue weighted by Crippen LogP contribution is 2.30. The van der Waals surface area contributed by atoms with Gasteiger partial charge in [0.05, 0.1) is 0 Å². The molecular weight excluding hydrogens is 238 g/mol. The molecule has 0 spiro atoms. The summed E-state index contributed by atoms with van der Waals surface area (Å²) < 4.78 is 5.74. The lowest BCUT2D eigenvalue weighted by Crippen LogP contribution is -2.29. The van der Waals surface area contributed by atoms with Gasteiger partial charge in [-0.1, -0.05) is 6.92 Å². The zero-order valence-electron chi connectivity index (χ0n) is 12.5. The van der Waals surface area contributed by atoms with Gasteiger partial charge in [0.1, 0.15) is 5.60 Å². The van der Waals surface area contributed by atoms with Gasteiger partial charge in [0.2, 0.25) is 0 Å². The van der Waals surface area contributed by atoms with Gasteiger partial charge in [-0.2, -0.15) is 0 Å². The monoisotopic (exact) mass is 263 g/mol. The maximum Gasteiger partial charge on any atom is 0.159 e. The smallest absolute Gasteiger partial charge is 0.159 e. The van der Waals surface area contributed by atoms with E-state index in [1.54, 1.807) is 0 Å². The molecule has 1 heterocycles. The van der Waals surface area contributed by atoms with Crippen molar-refractivity contribution in [1.82, 2.24) is 15.3 Å². The van der Waals surface area contributed by atoms with Crippen molar-refractivity contribution in [3.63, 3.8) is 0 Å². The second-order valence-corrected chi connectivity index (χ2v) is 5.54. The van der Waals surface area contributed by atoms with Gasteiger partial charge in [-0.3, -0.25) is 0 Å². The van der Waals surface area contributed by atoms with E-state index in [0.717, 1.165) is 18.8 Å². The molecule has 0 saturated carbocycles. The van der Waals surface area contributed by atoms with Gasteiger partial charge in [-0.05, 0) is 46.6 Å². The summed E-state index contributed by atoms with van der Waals surface area (Å²) in [4.78, 5) is 9.30. The van der Waals surface area contributed by atoms with Crippen molar-refractivity contribution in [2.45, 2.75) is 58.6 Å². The molecule has 1 aliphatic rings. The van der Waals surface area contributed by atoms with E-state index in [9.17, 15) is 0 Å². The number of ether oxygens (including phenoxy) is 1. The van der Waals surface area contributed by atoms with Crippen LogP contribution in [0.5, 0.6) is 0 Å². The van der Waals surface area contributed by atoms with Crippen LogP contribution in [0.25, 0.3) is 0 Å². The predicted octanol–water partition coefficient (Wildman–Crippen LogP) is 2.74. The highest BCUT2D eigenvalue weighted by atomic mass is 16.5. The summed E-state index contributed by atoms with van der Waals surface area (Å²) in [6.07, 6.45) is 5.41. The summed E-state index contributed by atoms with van der Waals surface area (Å²) in [5, 5.41) is 3.51. The maximum absolute atomic E-state index is 5.74. The van der Waals surface area contributed by atoms with Crippen molar-refractivity contribution in [3.8, 4) is 0 Å². The molecule has 1 aromatic heterocycles. The average molecular weight is 263 g/mol. The molecule has 19 heavy (non-hydrogen) atoms. The first kappa shape index (κ1) is 14.4. The van der Waals surface area contributed by atoms with Crippen LogP contribution in [0.15, 0.2) is 6.20 Å². The topological polar surface area (TPSA) is 47.0 Å². The van der Waals surface area contributed by atoms with Crippen LogP contribution in [0.1, 0.15) is 63.7 Å². The summed E-state index contributed by atoms with van der Waals surface area (Å²) in [6.45, 7) is 9.86. The quantitative estimate of drug-likeness (QED) is 0.887. The van der Waals surface area contributed by atoms with Gasteiger partial charge < -0.3 is 10.1 Å². The Kier molecular flexibility index (Phi) is 4.53. The summed E-state index contributed by atoms with van der Waals surface area (Å²) >= 11 is 0. The standard InChI is InChI=1S/C15H25N3O/c1-5-16-12-8-7-9-13-11(12)10-17-14(18-13)15(3,4)19-6-2/h10,12,16H,5-9H2,1-4H3. The highest BCUT2D eigenvalue weighted by Gasteiger charge is 2.27. The molecule has 2 rings (SSSR count). The molecule has 1 N–H and O–H groups in total. The second kappa shape index (κ2) is 5.97. The number of hydrogen-bond acceptors (Lipinski definition) is 4. The Morgan fingerprint density at radius 1 is 1.42 bits per heavy atom. The first-order valence-electron chi connectivity index (χ1n) is 7.32. The molecule has 0 saturated heterocycles. The van der Waals surface area contributed by atoms with Crippen LogP contribution in [-0.2, 0) is 16.8 Å². The number of rotatable bonds is 5. The molecule has 1 aromatic rings. The molecular formula is C15H25N3O. The normalized spacial score (nSPS) is 19.3. The van der Waals surface area contributed by atoms with Crippen LogP contribution in [0, 0.1) is 0 Å². The lowest BCUT2D eigenvalue weighted by atomic mass is 9.92. The van der Waals surface area contributed by atoms with Gasteiger partial charge in [0, 0.05) is 30.1 Å². The van der Waals surface area contributed by atoms with E-state index < -0.39 is 5.60 Å². The molecule has 4 nitrogen and oxygen atoms in total. The van der Waals surface area contributed by atoms with Crippen LogP contribution in [0.3, 0.4) is 0 Å². The molecule has 1 aliphatic carbocycles. The fourth-order valence-corrected chi connectivity index (χ4v) is 2.72. The fourth-order valence-electron chi connectivity index (χ4n) is 2.72. The molecule has 106 valence electrons. The van der Waals surface area contributed by atoms with Crippen molar-refractivity contribution in [2.24, 2.45) is 0 Å². The van der Waals surface area contributed by atoms with E-state index in [0.29, 0.717) is 12.6 Å². The molecule has 0 fully saturated rings. The van der Waals surface area contributed by atoms with Crippen molar-refractivity contribution in [1.29, 1.82) is 0 Å². The number of hydrogen-bond donors (Lipinski definition) is 1. The zero-order chi connectivity index (χ0) is 13.9. The van der Waals surface area contributed by atoms with Crippen molar-refractivity contribution < 1.29 is 4.74 Å². The summed E-state index contributed by atoms with van der Waals surface area (Å²) in [6, 6.07) is 0.415. The van der Waals surface area contributed by atoms with Crippen LogP contribution >= 0.6 is 0 Å². The Morgan fingerprint density at radius 3 is 2.89 bits per heavy atom. The zero-order valence-corrected chi connectivity index (χ0v) is 12.5. The number of nitrogens with zero attached hydrogens (tertiary/aromatic N) is 2. The maximum atomic E-state index is 5.74. The second-order valence-electron chi connectivity index (χ2n) is 5.54. The summed E-state index contributed by atoms with van der Waals surface area (Å²) in [5.41, 5.74) is 2.05. The SMILES string of the molecule is CCNC1CCCc2nc(C(C)(C)OCC)ncc21. The Bertz CT molecular complexity index is 431. The Hall–Kier alpha value is -1.00. The molecule has 1 atom stereocenters. The van der Waals surface area contributed by atoms with E-state index in [1.165, 1.54) is 24.1 Å². The first-order chi connectivity index (χ1) is 9.08. The summed E-state index contributed by atoms with van der Waals surface area (Å²) in [7, 11) is 0. The lowest BCUT2D eigenvalue weighted by molar-refractivity contribution is -0.0210. The number of aromatic nitrogens is 2. The molecule has 0 radical (unpaired) electrons. The predicted molar refractivity (Wildman–Crippen MR) is 76.0 cm³/mol. The Balaban J connectivity index is 2.28. The number of nitrogens with one attached hydrogen (secondary N) is 1. The fraction of sp³-hybridized carbons (Fsp3) is 0.733. The number of fused-ring (bicyclic) bond motifs is 1. The minimum absolute atomic E-state index is 0.408. The van der Waals surface area contributed by atoms with E-state index in [2.05, 4.69) is 17.2 Å². The van der Waals surface area contributed by atoms with E-state index >= 15 is 0 Å². The van der Waals surface area contributed by atoms with Gasteiger partial charge >= 0.3 is 0 Å². The minimum Gasteiger partial charge on any atom is -0.368 e. The third kappa shape index (κ3) is 3.12. The van der Waals surface area contributed by atoms with Crippen LogP contribution in [0.4, 0.5) is 0 Å². The Labute approximate surface area is 116 Å². The van der Waals surface area contributed by atoms with Gasteiger partial charge in [0.15, 0.2) is 5.82 Å². The first-order valence-corrected chi connectivity index (χ1v) is 7.32. The van der Waals surface area contributed by atoms with E-state index in [1.807, 2.05) is 27.0 Å². The molecule has 0 amide bonds. The molecule has 0 aromatic carbocycles. The third-order valence-electron chi connectivity index (χ3n) is 3.68. The van der Waals surface area contributed by atoms with Crippen LogP contribution < -0.4 is 5.32 Å². The molecule has 0 aliphatic heterocycles. The largest absolute Gasteiger partial charge is 0.368 e. The van der Waals surface area contributed by atoms with Crippen molar-refractivity contribution >= 4 is 0 Å². The van der Waals surface area contributed by atoms with Gasteiger partial charge in [-0.25, -0.2) is 9.97 Å². The number of aryl methyl sites for hydroxylation is 1. The average Bonchev–Trinajstić information content (AvgIpc) is 2.39. The molecule has 1 unspecified atom stereocenters. The van der Waals surface area contributed by atoms with Crippen molar-refractivity contribution in [2.75, 3.05) is 13.2 Å². The van der Waals surface area contributed by atoms with E-state index in [-0.39, 0.29) is 0 Å². The lowest BCUT2D eigenvalue weighted by Gasteiger charge is -2.28. The Morgan fingerprint density at radius 2 is 2.21 bits per heavy atom. The van der Waals surface area contributed by atoms with Crippen molar-refractivity contribution in [3.05, 3.63) is 23.3 Å². The summed E-state index contributed by atoms with van der Waals surface area (Å²) in [5.74, 6) is 0.797. The van der Waals surface area contributed by atoms with Crippen LogP contribution in [-0.4, -0.2) is 23.1 Å². The highest BCUT2D eigenvalue weighted by molar-refractivity contribution is 5.25. The van der Waals surface area contributed by atoms with Crippen LogP contribution in [0.2, 0.25) is 0 Å². The molecule has 4 heteroatoms. The minimum atomic E-state index is -0.408.